The SMILES string of the molecule is CCCCCCN(CCO)C(=O)C(C)CCCN. The van der Waals surface area contributed by atoms with Gasteiger partial charge in [-0.05, 0) is 25.8 Å². The molecule has 0 aliphatic heterocycles. The average molecular weight is 258 g/mol. The molecule has 4 heteroatoms. The van der Waals surface area contributed by atoms with Gasteiger partial charge in [-0.15, -0.1) is 0 Å². The molecule has 0 aromatic heterocycles. The van der Waals surface area contributed by atoms with Crippen molar-refractivity contribution < 1.29 is 9.90 Å². The second-order valence-corrected chi connectivity index (χ2v) is 4.94. The lowest BCUT2D eigenvalue weighted by molar-refractivity contribution is -0.135. The topological polar surface area (TPSA) is 66.6 Å². The third-order valence-corrected chi connectivity index (χ3v) is 3.23. The van der Waals surface area contributed by atoms with Crippen LogP contribution < -0.4 is 5.73 Å². The molecule has 0 saturated heterocycles. The molecule has 0 spiro atoms. The summed E-state index contributed by atoms with van der Waals surface area (Å²) in [5.41, 5.74) is 5.46. The molecule has 0 aliphatic carbocycles. The summed E-state index contributed by atoms with van der Waals surface area (Å²) < 4.78 is 0. The van der Waals surface area contributed by atoms with E-state index >= 15 is 0 Å². The van der Waals surface area contributed by atoms with Crippen LogP contribution in [0.15, 0.2) is 0 Å². The quantitative estimate of drug-likeness (QED) is 0.555. The van der Waals surface area contributed by atoms with Gasteiger partial charge in [0.2, 0.25) is 5.91 Å². The Hall–Kier alpha value is -0.610. The van der Waals surface area contributed by atoms with Crippen LogP contribution in [-0.4, -0.2) is 42.2 Å². The minimum Gasteiger partial charge on any atom is -0.395 e. The molecule has 0 aliphatic rings. The molecule has 1 unspecified atom stereocenters. The first kappa shape index (κ1) is 17.4. The van der Waals surface area contributed by atoms with Crippen LogP contribution in [-0.2, 0) is 4.79 Å². The molecule has 0 fully saturated rings. The Labute approximate surface area is 112 Å². The zero-order valence-corrected chi connectivity index (χ0v) is 12.0. The predicted octanol–water partition coefficient (Wildman–Crippen LogP) is 1.76. The summed E-state index contributed by atoms with van der Waals surface area (Å²) in [5.74, 6) is 0.181. The van der Waals surface area contributed by atoms with E-state index in [-0.39, 0.29) is 18.4 Å². The number of nitrogens with two attached hydrogens (primary N) is 1. The van der Waals surface area contributed by atoms with Crippen LogP contribution in [0.2, 0.25) is 0 Å². The number of amides is 1. The van der Waals surface area contributed by atoms with Crippen molar-refractivity contribution in [3.05, 3.63) is 0 Å². The van der Waals surface area contributed by atoms with E-state index in [4.69, 9.17) is 10.8 Å². The molecular weight excluding hydrogens is 228 g/mol. The highest BCUT2D eigenvalue weighted by Crippen LogP contribution is 2.11. The maximum Gasteiger partial charge on any atom is 0.225 e. The second-order valence-electron chi connectivity index (χ2n) is 4.94. The van der Waals surface area contributed by atoms with Crippen LogP contribution in [0, 0.1) is 5.92 Å². The first-order valence-corrected chi connectivity index (χ1v) is 7.27. The number of hydrogen-bond donors (Lipinski definition) is 2. The van der Waals surface area contributed by atoms with E-state index in [0.29, 0.717) is 13.1 Å². The minimum absolute atomic E-state index is 0.0197. The normalized spacial score (nSPS) is 12.4. The lowest BCUT2D eigenvalue weighted by Crippen LogP contribution is -2.38. The molecule has 0 radical (unpaired) electrons. The number of carbonyl (C=O) groups excluding carboxylic acids is 1. The molecule has 1 amide bonds. The van der Waals surface area contributed by atoms with Crippen molar-refractivity contribution in [1.29, 1.82) is 0 Å². The third-order valence-electron chi connectivity index (χ3n) is 3.23. The molecule has 0 heterocycles. The molecule has 0 aromatic carbocycles. The van der Waals surface area contributed by atoms with Gasteiger partial charge >= 0.3 is 0 Å². The van der Waals surface area contributed by atoms with Gasteiger partial charge in [0.15, 0.2) is 0 Å². The maximum absolute atomic E-state index is 12.2. The molecule has 0 rings (SSSR count). The summed E-state index contributed by atoms with van der Waals surface area (Å²) >= 11 is 0. The number of hydrogen-bond acceptors (Lipinski definition) is 3. The number of aliphatic hydroxyl groups is 1. The van der Waals surface area contributed by atoms with E-state index in [1.165, 1.54) is 12.8 Å². The zero-order valence-electron chi connectivity index (χ0n) is 12.0. The first-order chi connectivity index (χ1) is 8.67. The smallest absolute Gasteiger partial charge is 0.225 e. The van der Waals surface area contributed by atoms with E-state index in [1.54, 1.807) is 4.90 Å². The van der Waals surface area contributed by atoms with Crippen molar-refractivity contribution in [2.45, 2.75) is 52.4 Å². The summed E-state index contributed by atoms with van der Waals surface area (Å²) in [6.07, 6.45) is 6.32. The average Bonchev–Trinajstić information content (AvgIpc) is 2.38. The van der Waals surface area contributed by atoms with Crippen molar-refractivity contribution >= 4 is 5.91 Å². The van der Waals surface area contributed by atoms with Gasteiger partial charge in [-0.1, -0.05) is 33.1 Å². The fourth-order valence-corrected chi connectivity index (χ4v) is 2.04. The first-order valence-electron chi connectivity index (χ1n) is 7.27. The van der Waals surface area contributed by atoms with Gasteiger partial charge in [-0.3, -0.25) is 4.79 Å². The van der Waals surface area contributed by atoms with E-state index in [0.717, 1.165) is 32.2 Å². The van der Waals surface area contributed by atoms with E-state index in [2.05, 4.69) is 6.92 Å². The maximum atomic E-state index is 12.2. The van der Waals surface area contributed by atoms with Gasteiger partial charge in [-0.2, -0.15) is 0 Å². The minimum atomic E-state index is 0.0197. The predicted molar refractivity (Wildman–Crippen MR) is 75.3 cm³/mol. The molecule has 1 atom stereocenters. The summed E-state index contributed by atoms with van der Waals surface area (Å²) in [7, 11) is 0. The number of nitrogens with zero attached hydrogens (tertiary/aromatic N) is 1. The van der Waals surface area contributed by atoms with E-state index < -0.39 is 0 Å². The molecule has 0 saturated carbocycles. The van der Waals surface area contributed by atoms with Crippen LogP contribution in [0.4, 0.5) is 0 Å². The zero-order chi connectivity index (χ0) is 13.8. The van der Waals surface area contributed by atoms with Crippen LogP contribution in [0.5, 0.6) is 0 Å². The van der Waals surface area contributed by atoms with Crippen LogP contribution in [0.1, 0.15) is 52.4 Å². The van der Waals surface area contributed by atoms with Gasteiger partial charge in [-0.25, -0.2) is 0 Å². The van der Waals surface area contributed by atoms with E-state index in [1.807, 2.05) is 6.92 Å². The highest BCUT2D eigenvalue weighted by atomic mass is 16.3. The van der Waals surface area contributed by atoms with Crippen molar-refractivity contribution in [1.82, 2.24) is 4.90 Å². The molecule has 0 bridgehead atoms. The Kier molecular flexibility index (Phi) is 11.1. The summed E-state index contributed by atoms with van der Waals surface area (Å²) in [6.45, 7) is 6.03. The van der Waals surface area contributed by atoms with Crippen LogP contribution >= 0.6 is 0 Å². The molecule has 18 heavy (non-hydrogen) atoms. The van der Waals surface area contributed by atoms with Crippen molar-refractivity contribution in [2.75, 3.05) is 26.2 Å². The molecular formula is C14H30N2O2. The molecule has 0 aromatic rings. The fraction of sp³-hybridized carbons (Fsp3) is 0.929. The van der Waals surface area contributed by atoms with Gasteiger partial charge in [0.05, 0.1) is 6.61 Å². The highest BCUT2D eigenvalue weighted by Gasteiger charge is 2.19. The van der Waals surface area contributed by atoms with Crippen molar-refractivity contribution in [2.24, 2.45) is 11.7 Å². The standard InChI is InChI=1S/C14H30N2O2/c1-3-4-5-6-10-16(11-12-17)14(18)13(2)8-7-9-15/h13,17H,3-12,15H2,1-2H3. The van der Waals surface area contributed by atoms with E-state index in [9.17, 15) is 4.79 Å². The fourth-order valence-electron chi connectivity index (χ4n) is 2.04. The molecule has 108 valence electrons. The number of rotatable bonds is 11. The Bertz CT molecular complexity index is 210. The van der Waals surface area contributed by atoms with Gasteiger partial charge in [0.25, 0.3) is 0 Å². The molecule has 3 N–H and O–H groups in total. The van der Waals surface area contributed by atoms with Crippen LogP contribution in [0.3, 0.4) is 0 Å². The van der Waals surface area contributed by atoms with Crippen molar-refractivity contribution in [3.63, 3.8) is 0 Å². The third kappa shape index (κ3) is 7.67. The highest BCUT2D eigenvalue weighted by molar-refractivity contribution is 5.78. The second kappa shape index (κ2) is 11.5. The van der Waals surface area contributed by atoms with Gasteiger partial charge < -0.3 is 15.7 Å². The molecule has 4 nitrogen and oxygen atoms in total. The summed E-state index contributed by atoms with van der Waals surface area (Å²) in [4.78, 5) is 14.0. The van der Waals surface area contributed by atoms with Gasteiger partial charge in [0, 0.05) is 19.0 Å². The lowest BCUT2D eigenvalue weighted by atomic mass is 10.0. The Morgan fingerprint density at radius 1 is 1.22 bits per heavy atom. The van der Waals surface area contributed by atoms with Crippen LogP contribution in [0.25, 0.3) is 0 Å². The number of carbonyl (C=O) groups is 1. The summed E-state index contributed by atoms with van der Waals surface area (Å²) in [5, 5.41) is 9.03. The largest absolute Gasteiger partial charge is 0.395 e. The number of unbranched alkanes of at least 4 members (excludes halogenated alkanes) is 3. The Morgan fingerprint density at radius 3 is 2.50 bits per heavy atom. The van der Waals surface area contributed by atoms with Crippen molar-refractivity contribution in [3.8, 4) is 0 Å². The number of aliphatic hydroxyl groups excluding tert-OH is 1. The Balaban J connectivity index is 4.08. The monoisotopic (exact) mass is 258 g/mol. The van der Waals surface area contributed by atoms with Gasteiger partial charge in [0.1, 0.15) is 0 Å². The summed E-state index contributed by atoms with van der Waals surface area (Å²) in [6, 6.07) is 0. The Morgan fingerprint density at radius 2 is 1.94 bits per heavy atom. The lowest BCUT2D eigenvalue weighted by Gasteiger charge is -2.25.